The molecule has 0 amide bonds. The van der Waals surface area contributed by atoms with Gasteiger partial charge in [-0.2, -0.15) is 13.8 Å². The van der Waals surface area contributed by atoms with Gasteiger partial charge in [0.05, 0.1) is 12.6 Å². The Balaban J connectivity index is 1.99. The Morgan fingerprint density at radius 2 is 2.08 bits per heavy atom. The summed E-state index contributed by atoms with van der Waals surface area (Å²) in [6, 6.07) is 4.05. The number of fused-ring (bicyclic) bond motifs is 1. The Hall–Kier alpha value is -1.44. The monoisotopic (exact) mass is 343 g/mol. The van der Waals surface area contributed by atoms with Crippen LogP contribution >= 0.6 is 0 Å². The molecule has 3 rings (SSSR count). The maximum absolute atomic E-state index is 12.5. The molecule has 1 aromatic rings. The fourth-order valence-corrected chi connectivity index (χ4v) is 3.25. The van der Waals surface area contributed by atoms with Crippen molar-refractivity contribution in [3.8, 4) is 11.5 Å². The Bertz CT molecular complexity index is 574. The number of alkyl halides is 2. The minimum absolute atomic E-state index is 0.0408. The van der Waals surface area contributed by atoms with E-state index in [0.29, 0.717) is 24.5 Å². The fourth-order valence-electron chi connectivity index (χ4n) is 3.25. The lowest BCUT2D eigenvalue weighted by Crippen LogP contribution is -2.53. The van der Waals surface area contributed by atoms with E-state index in [9.17, 15) is 13.9 Å². The lowest BCUT2D eigenvalue weighted by atomic mass is 9.86. The zero-order valence-electron chi connectivity index (χ0n) is 13.9. The van der Waals surface area contributed by atoms with Crippen LogP contribution in [0.15, 0.2) is 18.2 Å². The van der Waals surface area contributed by atoms with Gasteiger partial charge in [-0.05, 0) is 51.3 Å². The second kappa shape index (κ2) is 6.82. The van der Waals surface area contributed by atoms with E-state index in [0.717, 1.165) is 19.3 Å². The number of halogens is 2. The predicted molar refractivity (Wildman–Crippen MR) is 83.0 cm³/mol. The van der Waals surface area contributed by atoms with Gasteiger partial charge in [0.15, 0.2) is 0 Å². The minimum atomic E-state index is -2.90. The summed E-state index contributed by atoms with van der Waals surface area (Å²) in [5, 5.41) is 12.6. The van der Waals surface area contributed by atoms with Crippen molar-refractivity contribution in [2.45, 2.75) is 57.5 Å². The van der Waals surface area contributed by atoms with Crippen LogP contribution in [0.25, 0.3) is 0 Å². The highest BCUT2D eigenvalue weighted by atomic mass is 19.3. The molecule has 0 bridgehead atoms. The van der Waals surface area contributed by atoms with E-state index in [-0.39, 0.29) is 5.75 Å². The number of hydrogen-bond donors (Lipinski definition) is 1. The molecule has 1 saturated heterocycles. The van der Waals surface area contributed by atoms with Gasteiger partial charge in [-0.1, -0.05) is 0 Å². The van der Waals surface area contributed by atoms with Crippen LogP contribution in [0.1, 0.15) is 44.7 Å². The smallest absolute Gasteiger partial charge is 0.387 e. The van der Waals surface area contributed by atoms with Gasteiger partial charge < -0.3 is 14.6 Å². The second-order valence-electron chi connectivity index (χ2n) is 6.71. The summed E-state index contributed by atoms with van der Waals surface area (Å²) in [6.45, 7) is 1.94. The number of aliphatic hydroxyl groups is 1. The molecule has 2 atom stereocenters. The summed E-state index contributed by atoms with van der Waals surface area (Å²) in [7, 11) is 0. The number of hydrogen-bond acceptors (Lipinski definition) is 5. The van der Waals surface area contributed by atoms with Gasteiger partial charge in [0.2, 0.25) is 0 Å². The van der Waals surface area contributed by atoms with Crippen LogP contribution in [0.5, 0.6) is 11.5 Å². The first-order valence-electron chi connectivity index (χ1n) is 8.24. The van der Waals surface area contributed by atoms with Crippen molar-refractivity contribution in [3.05, 3.63) is 23.8 Å². The number of benzene rings is 1. The number of nitrogens with zero attached hydrogens (tertiary/aromatic N) is 1. The predicted octanol–water partition coefficient (Wildman–Crippen LogP) is 3.28. The van der Waals surface area contributed by atoms with Gasteiger partial charge in [0.25, 0.3) is 0 Å². The van der Waals surface area contributed by atoms with E-state index >= 15 is 0 Å². The Morgan fingerprint density at radius 1 is 1.29 bits per heavy atom. The molecular weight excluding hydrogens is 320 g/mol. The highest BCUT2D eigenvalue weighted by molar-refractivity contribution is 5.45. The van der Waals surface area contributed by atoms with Crippen LogP contribution < -0.4 is 9.47 Å². The van der Waals surface area contributed by atoms with Crippen molar-refractivity contribution in [2.75, 3.05) is 13.2 Å². The maximum Gasteiger partial charge on any atom is 0.387 e. The lowest BCUT2D eigenvalue weighted by Gasteiger charge is -2.45. The summed E-state index contributed by atoms with van der Waals surface area (Å²) in [6.07, 6.45) is 2.10. The van der Waals surface area contributed by atoms with Crippen LogP contribution in [0, 0.1) is 0 Å². The van der Waals surface area contributed by atoms with Crippen LogP contribution in [0.3, 0.4) is 0 Å². The summed E-state index contributed by atoms with van der Waals surface area (Å²) in [5.41, 5.74) is -0.222. The zero-order valence-corrected chi connectivity index (χ0v) is 13.9. The normalized spacial score (nSPS) is 27.2. The summed E-state index contributed by atoms with van der Waals surface area (Å²) in [5.74, 6) is 0.587. The first-order valence-corrected chi connectivity index (χ1v) is 8.24. The molecule has 1 aromatic carbocycles. The minimum Gasteiger partial charge on any atom is -0.485 e. The van der Waals surface area contributed by atoms with Crippen molar-refractivity contribution in [1.82, 2.24) is 5.06 Å². The van der Waals surface area contributed by atoms with Crippen molar-refractivity contribution < 1.29 is 28.2 Å². The molecule has 1 fully saturated rings. The van der Waals surface area contributed by atoms with Gasteiger partial charge in [-0.15, -0.1) is 0 Å². The van der Waals surface area contributed by atoms with Crippen molar-refractivity contribution in [3.63, 3.8) is 0 Å². The molecular formula is C17H23F2NO4. The molecule has 0 aromatic heterocycles. The summed E-state index contributed by atoms with van der Waals surface area (Å²) < 4.78 is 35.4. The Labute approximate surface area is 140 Å². The topological polar surface area (TPSA) is 51.2 Å². The highest BCUT2D eigenvalue weighted by Crippen LogP contribution is 2.44. The molecule has 0 unspecified atom stereocenters. The van der Waals surface area contributed by atoms with Crippen LogP contribution in [-0.4, -0.2) is 41.6 Å². The molecule has 134 valence electrons. The van der Waals surface area contributed by atoms with Gasteiger partial charge >= 0.3 is 6.61 Å². The number of aliphatic hydroxyl groups excluding tert-OH is 1. The summed E-state index contributed by atoms with van der Waals surface area (Å²) in [4.78, 5) is 5.81. The first kappa shape index (κ1) is 17.4. The molecule has 7 heteroatoms. The fraction of sp³-hybridized carbons (Fsp3) is 0.647. The SMILES string of the molecule is CC1(C)Oc2ccc(OC(F)F)cc2[C@@H](N2CCCCCO2)[C@@H]1O. The van der Waals surface area contributed by atoms with E-state index in [1.165, 1.54) is 12.1 Å². The van der Waals surface area contributed by atoms with E-state index in [1.54, 1.807) is 25.0 Å². The Kier molecular flexibility index (Phi) is 4.94. The number of hydroxylamine groups is 2. The average molecular weight is 343 g/mol. The van der Waals surface area contributed by atoms with Crippen molar-refractivity contribution in [2.24, 2.45) is 0 Å². The number of ether oxygens (including phenoxy) is 2. The second-order valence-corrected chi connectivity index (χ2v) is 6.71. The third kappa shape index (κ3) is 3.48. The molecule has 24 heavy (non-hydrogen) atoms. The third-order valence-corrected chi connectivity index (χ3v) is 4.50. The molecule has 2 heterocycles. The zero-order chi connectivity index (χ0) is 17.3. The first-order chi connectivity index (χ1) is 11.4. The maximum atomic E-state index is 12.5. The molecule has 0 saturated carbocycles. The van der Waals surface area contributed by atoms with Crippen LogP contribution in [0.4, 0.5) is 8.78 Å². The largest absolute Gasteiger partial charge is 0.485 e. The molecule has 5 nitrogen and oxygen atoms in total. The van der Waals surface area contributed by atoms with E-state index < -0.39 is 24.4 Å². The quantitative estimate of drug-likeness (QED) is 0.913. The van der Waals surface area contributed by atoms with E-state index in [2.05, 4.69) is 4.74 Å². The van der Waals surface area contributed by atoms with Gasteiger partial charge in [0, 0.05) is 12.1 Å². The van der Waals surface area contributed by atoms with Gasteiger partial charge in [0.1, 0.15) is 23.2 Å². The van der Waals surface area contributed by atoms with E-state index in [4.69, 9.17) is 9.57 Å². The van der Waals surface area contributed by atoms with Crippen molar-refractivity contribution in [1.29, 1.82) is 0 Å². The molecule has 0 aliphatic carbocycles. The van der Waals surface area contributed by atoms with Crippen LogP contribution in [-0.2, 0) is 4.84 Å². The molecule has 1 N–H and O–H groups in total. The lowest BCUT2D eigenvalue weighted by molar-refractivity contribution is -0.226. The number of rotatable bonds is 3. The molecule has 2 aliphatic heterocycles. The van der Waals surface area contributed by atoms with Gasteiger partial charge in [-0.25, -0.2) is 0 Å². The van der Waals surface area contributed by atoms with Crippen LogP contribution in [0.2, 0.25) is 0 Å². The van der Waals surface area contributed by atoms with E-state index in [1.807, 2.05) is 0 Å². The van der Waals surface area contributed by atoms with Crippen molar-refractivity contribution >= 4 is 0 Å². The third-order valence-electron chi connectivity index (χ3n) is 4.50. The highest BCUT2D eigenvalue weighted by Gasteiger charge is 2.46. The standard InChI is InChI=1S/C17H23F2NO4/c1-17(2)15(21)14(20-8-4-3-5-9-22-20)12-10-11(23-16(18)19)6-7-13(12)24-17/h6-7,10,14-16,21H,3-5,8-9H2,1-2H3/t14-,15+/m1/s1. The average Bonchev–Trinajstić information content (AvgIpc) is 2.77. The Morgan fingerprint density at radius 3 is 2.83 bits per heavy atom. The molecule has 2 aliphatic rings. The molecule has 0 spiro atoms. The summed E-state index contributed by atoms with van der Waals surface area (Å²) >= 11 is 0. The molecule has 0 radical (unpaired) electrons. The van der Waals surface area contributed by atoms with Gasteiger partial charge in [-0.3, -0.25) is 4.84 Å².